The second kappa shape index (κ2) is 8.66. The molecule has 0 spiro atoms. The molecule has 0 aromatic carbocycles. The molecule has 0 radical (unpaired) electrons. The molecule has 3 aliphatic rings. The Hall–Kier alpha value is -1.94. The van der Waals surface area contributed by atoms with Crippen molar-refractivity contribution in [3.63, 3.8) is 0 Å². The predicted molar refractivity (Wildman–Crippen MR) is 116 cm³/mol. The Morgan fingerprint density at radius 3 is 1.63 bits per heavy atom. The number of hydrogen-bond donors (Lipinski definition) is 2. The quantitative estimate of drug-likeness (QED) is 0.625. The number of rotatable bonds is 8. The Bertz CT molecular complexity index is 848. The fraction of sp³-hybridized carbons (Fsp3) is 0.700. The molecule has 30 heavy (non-hydrogen) atoms. The first kappa shape index (κ1) is 20.0. The molecule has 5 rings (SSSR count). The summed E-state index contributed by atoms with van der Waals surface area (Å²) in [6, 6.07) is 0. The zero-order chi connectivity index (χ0) is 20.5. The lowest BCUT2D eigenvalue weighted by atomic mass is 9.82. The maximum Gasteiger partial charge on any atom is 0.226 e. The van der Waals surface area contributed by atoms with Gasteiger partial charge in [0.1, 0.15) is 10.0 Å². The number of nitrogens with zero attached hydrogens (tertiary/aromatic N) is 4. The third-order valence-electron chi connectivity index (χ3n) is 6.09. The third-order valence-corrected chi connectivity index (χ3v) is 8.09. The lowest BCUT2D eigenvalue weighted by Gasteiger charge is -2.25. The van der Waals surface area contributed by atoms with E-state index < -0.39 is 0 Å². The van der Waals surface area contributed by atoms with E-state index in [0.717, 1.165) is 61.4 Å². The molecule has 0 bridgehead atoms. The highest BCUT2D eigenvalue weighted by atomic mass is 32.1. The maximum absolute atomic E-state index is 12.0. The second-order valence-electron chi connectivity index (χ2n) is 8.84. The molecular formula is C20H26N6O2S2. The Morgan fingerprint density at radius 2 is 1.20 bits per heavy atom. The van der Waals surface area contributed by atoms with E-state index in [1.807, 2.05) is 0 Å². The van der Waals surface area contributed by atoms with Gasteiger partial charge in [-0.15, -0.1) is 20.4 Å². The largest absolute Gasteiger partial charge is 0.301 e. The van der Waals surface area contributed by atoms with Gasteiger partial charge in [-0.2, -0.15) is 0 Å². The Balaban J connectivity index is 1.17. The number of nitrogens with one attached hydrogen (secondary N) is 2. The molecule has 3 aliphatic carbocycles. The Labute approximate surface area is 183 Å². The molecule has 10 heteroatoms. The molecule has 160 valence electrons. The highest BCUT2D eigenvalue weighted by molar-refractivity contribution is 7.15. The van der Waals surface area contributed by atoms with Gasteiger partial charge in [0.15, 0.2) is 0 Å². The van der Waals surface area contributed by atoms with Crippen molar-refractivity contribution in [2.24, 2.45) is 11.8 Å². The zero-order valence-electron chi connectivity index (χ0n) is 16.8. The zero-order valence-corrected chi connectivity index (χ0v) is 18.4. The molecule has 3 saturated carbocycles. The minimum Gasteiger partial charge on any atom is -0.301 e. The molecule has 2 amide bonds. The number of carbonyl (C=O) groups excluding carboxylic acids is 2. The number of aromatic nitrogens is 4. The summed E-state index contributed by atoms with van der Waals surface area (Å²) in [6.07, 6.45) is 10.0. The van der Waals surface area contributed by atoms with Crippen molar-refractivity contribution < 1.29 is 9.59 Å². The minimum atomic E-state index is 0.0480. The summed E-state index contributed by atoms with van der Waals surface area (Å²) >= 11 is 2.99. The van der Waals surface area contributed by atoms with Crippen LogP contribution in [-0.2, 0) is 9.59 Å². The van der Waals surface area contributed by atoms with Crippen molar-refractivity contribution >= 4 is 44.8 Å². The SMILES string of the molecule is O=C(CC1CC1)Nc1nnc([C@H]2CCC[C@H](c3nnc(NC(=O)CC4CC4)s3)C2)s1. The first-order chi connectivity index (χ1) is 14.6. The highest BCUT2D eigenvalue weighted by Gasteiger charge is 2.30. The van der Waals surface area contributed by atoms with Gasteiger partial charge in [-0.3, -0.25) is 9.59 Å². The lowest BCUT2D eigenvalue weighted by molar-refractivity contribution is -0.117. The molecule has 0 saturated heterocycles. The highest BCUT2D eigenvalue weighted by Crippen LogP contribution is 2.43. The van der Waals surface area contributed by atoms with Gasteiger partial charge in [-0.25, -0.2) is 0 Å². The number of carbonyl (C=O) groups is 2. The summed E-state index contributed by atoms with van der Waals surface area (Å²) in [5.41, 5.74) is 0. The monoisotopic (exact) mass is 446 g/mol. The Kier molecular flexibility index (Phi) is 5.77. The van der Waals surface area contributed by atoms with Crippen LogP contribution in [0.5, 0.6) is 0 Å². The molecule has 8 nitrogen and oxygen atoms in total. The lowest BCUT2D eigenvalue weighted by Crippen LogP contribution is -2.13. The van der Waals surface area contributed by atoms with Gasteiger partial charge in [0.05, 0.1) is 0 Å². The van der Waals surface area contributed by atoms with E-state index in [4.69, 9.17) is 0 Å². The number of amides is 2. The molecular weight excluding hydrogens is 420 g/mol. The van der Waals surface area contributed by atoms with Crippen molar-refractivity contribution in [1.82, 2.24) is 20.4 Å². The number of anilines is 2. The van der Waals surface area contributed by atoms with E-state index in [-0.39, 0.29) is 11.8 Å². The van der Waals surface area contributed by atoms with Crippen molar-refractivity contribution in [3.8, 4) is 0 Å². The van der Waals surface area contributed by atoms with Gasteiger partial charge in [0, 0.05) is 24.7 Å². The standard InChI is InChI=1S/C20H26N6O2S2/c27-15(8-11-4-5-11)21-19-25-23-17(29-19)13-2-1-3-14(10-13)18-24-26-20(30-18)22-16(28)9-12-6-7-12/h11-14H,1-10H2,(H,21,25,27)(H,22,26,28)/t13-,14-/m0/s1. The second-order valence-corrected chi connectivity index (χ2v) is 10.9. The molecule has 2 aromatic heterocycles. The van der Waals surface area contributed by atoms with Crippen LogP contribution in [0.2, 0.25) is 0 Å². The van der Waals surface area contributed by atoms with E-state index >= 15 is 0 Å². The number of hydrogen-bond acceptors (Lipinski definition) is 8. The predicted octanol–water partition coefficient (Wildman–Crippen LogP) is 4.31. The first-order valence-electron chi connectivity index (χ1n) is 10.9. The van der Waals surface area contributed by atoms with E-state index in [1.165, 1.54) is 22.7 Å². The van der Waals surface area contributed by atoms with Crippen LogP contribution in [-0.4, -0.2) is 32.2 Å². The van der Waals surface area contributed by atoms with Gasteiger partial charge in [0.25, 0.3) is 0 Å². The Morgan fingerprint density at radius 1 is 0.733 bits per heavy atom. The van der Waals surface area contributed by atoms with E-state index in [9.17, 15) is 9.59 Å². The summed E-state index contributed by atoms with van der Waals surface area (Å²) in [4.78, 5) is 24.0. The molecule has 3 fully saturated rings. The summed E-state index contributed by atoms with van der Waals surface area (Å²) in [5.74, 6) is 1.87. The topological polar surface area (TPSA) is 110 Å². The van der Waals surface area contributed by atoms with Crippen molar-refractivity contribution in [2.75, 3.05) is 10.6 Å². The van der Waals surface area contributed by atoms with Gasteiger partial charge in [0.2, 0.25) is 22.1 Å². The fourth-order valence-electron chi connectivity index (χ4n) is 4.05. The van der Waals surface area contributed by atoms with Gasteiger partial charge in [-0.05, 0) is 56.8 Å². The van der Waals surface area contributed by atoms with Crippen LogP contribution in [0, 0.1) is 11.8 Å². The van der Waals surface area contributed by atoms with Crippen LogP contribution >= 0.6 is 22.7 Å². The van der Waals surface area contributed by atoms with Crippen LogP contribution in [0.3, 0.4) is 0 Å². The van der Waals surface area contributed by atoms with Crippen LogP contribution < -0.4 is 10.6 Å². The average Bonchev–Trinajstić information content (AvgIpc) is 3.62. The average molecular weight is 447 g/mol. The molecule has 0 aliphatic heterocycles. The molecule has 2 atom stereocenters. The third kappa shape index (κ3) is 5.21. The first-order valence-corrected chi connectivity index (χ1v) is 12.5. The van der Waals surface area contributed by atoms with Gasteiger partial charge in [-0.1, -0.05) is 29.1 Å². The van der Waals surface area contributed by atoms with Crippen LogP contribution in [0.4, 0.5) is 10.3 Å². The summed E-state index contributed by atoms with van der Waals surface area (Å²) in [7, 11) is 0. The fourth-order valence-corrected chi connectivity index (χ4v) is 5.86. The van der Waals surface area contributed by atoms with Crippen LogP contribution in [0.1, 0.15) is 86.1 Å². The summed E-state index contributed by atoms with van der Waals surface area (Å²) < 4.78 is 0. The van der Waals surface area contributed by atoms with Crippen molar-refractivity contribution in [2.45, 2.75) is 76.0 Å². The van der Waals surface area contributed by atoms with Crippen molar-refractivity contribution in [3.05, 3.63) is 10.0 Å². The van der Waals surface area contributed by atoms with E-state index in [2.05, 4.69) is 31.0 Å². The smallest absolute Gasteiger partial charge is 0.226 e. The maximum atomic E-state index is 12.0. The normalized spacial score (nSPS) is 23.9. The van der Waals surface area contributed by atoms with E-state index in [0.29, 0.717) is 46.8 Å². The summed E-state index contributed by atoms with van der Waals surface area (Å²) in [5, 5.41) is 26.1. The van der Waals surface area contributed by atoms with Gasteiger partial charge >= 0.3 is 0 Å². The molecule has 0 unspecified atom stereocenters. The molecule has 2 heterocycles. The van der Waals surface area contributed by atoms with Crippen LogP contribution in [0.15, 0.2) is 0 Å². The van der Waals surface area contributed by atoms with E-state index in [1.54, 1.807) is 0 Å². The molecule has 2 aromatic rings. The molecule has 2 N–H and O–H groups in total. The van der Waals surface area contributed by atoms with Gasteiger partial charge < -0.3 is 10.6 Å². The summed E-state index contributed by atoms with van der Waals surface area (Å²) in [6.45, 7) is 0. The minimum absolute atomic E-state index is 0.0480. The van der Waals surface area contributed by atoms with Crippen LogP contribution in [0.25, 0.3) is 0 Å². The van der Waals surface area contributed by atoms with Crippen molar-refractivity contribution in [1.29, 1.82) is 0 Å².